The van der Waals surface area contributed by atoms with Crippen LogP contribution in [0.3, 0.4) is 0 Å². The SMILES string of the molecule is CCc1ccc(C(=O)NC2(c3ncc(C(=O)O)cn3)CCC2)cc1. The lowest BCUT2D eigenvalue weighted by atomic mass is 9.75. The number of benzene rings is 1. The number of aryl methyl sites for hydroxylation is 1. The number of hydrogen-bond acceptors (Lipinski definition) is 4. The first-order chi connectivity index (χ1) is 11.5. The van der Waals surface area contributed by atoms with E-state index in [2.05, 4.69) is 22.2 Å². The Morgan fingerprint density at radius 2 is 1.75 bits per heavy atom. The van der Waals surface area contributed by atoms with Gasteiger partial charge < -0.3 is 10.4 Å². The number of aromatic carboxylic acids is 1. The molecule has 124 valence electrons. The van der Waals surface area contributed by atoms with Crippen LogP contribution >= 0.6 is 0 Å². The van der Waals surface area contributed by atoms with Crippen LogP contribution in [0.25, 0.3) is 0 Å². The summed E-state index contributed by atoms with van der Waals surface area (Å²) in [6.07, 6.45) is 5.96. The van der Waals surface area contributed by atoms with Crippen LogP contribution in [0.4, 0.5) is 0 Å². The second-order valence-electron chi connectivity index (χ2n) is 6.04. The summed E-state index contributed by atoms with van der Waals surface area (Å²) in [7, 11) is 0. The van der Waals surface area contributed by atoms with E-state index in [0.717, 1.165) is 25.7 Å². The van der Waals surface area contributed by atoms with Crippen LogP contribution in [0.15, 0.2) is 36.7 Å². The first-order valence-electron chi connectivity index (χ1n) is 8.01. The van der Waals surface area contributed by atoms with E-state index in [1.807, 2.05) is 24.3 Å². The van der Waals surface area contributed by atoms with Crippen molar-refractivity contribution in [3.8, 4) is 0 Å². The Morgan fingerprint density at radius 3 is 2.21 bits per heavy atom. The minimum Gasteiger partial charge on any atom is -0.478 e. The largest absolute Gasteiger partial charge is 0.478 e. The van der Waals surface area contributed by atoms with Gasteiger partial charge in [-0.05, 0) is 43.4 Å². The highest BCUT2D eigenvalue weighted by molar-refractivity contribution is 5.94. The van der Waals surface area contributed by atoms with E-state index in [9.17, 15) is 9.59 Å². The van der Waals surface area contributed by atoms with Gasteiger partial charge in [0.2, 0.25) is 0 Å². The molecule has 1 aliphatic carbocycles. The van der Waals surface area contributed by atoms with Crippen LogP contribution in [-0.2, 0) is 12.0 Å². The van der Waals surface area contributed by atoms with Gasteiger partial charge in [-0.25, -0.2) is 14.8 Å². The van der Waals surface area contributed by atoms with Gasteiger partial charge in [0, 0.05) is 18.0 Å². The molecule has 0 bridgehead atoms. The Morgan fingerprint density at radius 1 is 1.12 bits per heavy atom. The molecule has 1 heterocycles. The molecule has 0 radical (unpaired) electrons. The number of amides is 1. The Hall–Kier alpha value is -2.76. The average Bonchev–Trinajstić information content (AvgIpc) is 2.58. The highest BCUT2D eigenvalue weighted by atomic mass is 16.4. The maximum Gasteiger partial charge on any atom is 0.338 e. The summed E-state index contributed by atoms with van der Waals surface area (Å²) < 4.78 is 0. The van der Waals surface area contributed by atoms with Crippen molar-refractivity contribution in [2.75, 3.05) is 0 Å². The molecule has 6 heteroatoms. The number of carboxylic acids is 1. The summed E-state index contributed by atoms with van der Waals surface area (Å²) >= 11 is 0. The highest BCUT2D eigenvalue weighted by Crippen LogP contribution is 2.39. The summed E-state index contributed by atoms with van der Waals surface area (Å²) in [5.74, 6) is -0.759. The molecule has 1 aromatic carbocycles. The third-order valence-corrected chi connectivity index (χ3v) is 4.51. The van der Waals surface area contributed by atoms with Crippen molar-refractivity contribution in [2.24, 2.45) is 0 Å². The summed E-state index contributed by atoms with van der Waals surface area (Å²) in [6.45, 7) is 2.07. The van der Waals surface area contributed by atoms with Gasteiger partial charge in [-0.15, -0.1) is 0 Å². The molecule has 1 fully saturated rings. The molecule has 0 spiro atoms. The fraction of sp³-hybridized carbons (Fsp3) is 0.333. The summed E-state index contributed by atoms with van der Waals surface area (Å²) in [4.78, 5) is 31.8. The molecule has 1 aliphatic rings. The van der Waals surface area contributed by atoms with Crippen molar-refractivity contribution in [3.05, 3.63) is 59.2 Å². The van der Waals surface area contributed by atoms with Crippen molar-refractivity contribution in [3.63, 3.8) is 0 Å². The second kappa shape index (κ2) is 6.39. The van der Waals surface area contributed by atoms with Gasteiger partial charge in [-0.2, -0.15) is 0 Å². The lowest BCUT2D eigenvalue weighted by Crippen LogP contribution is -2.51. The quantitative estimate of drug-likeness (QED) is 0.881. The topological polar surface area (TPSA) is 92.2 Å². The standard InChI is InChI=1S/C18H19N3O3/c1-2-12-4-6-13(7-5-12)15(22)21-18(8-3-9-18)17-19-10-14(11-20-17)16(23)24/h4-7,10-11H,2-3,8-9H2,1H3,(H,21,22)(H,23,24). The maximum absolute atomic E-state index is 12.5. The maximum atomic E-state index is 12.5. The smallest absolute Gasteiger partial charge is 0.338 e. The van der Waals surface area contributed by atoms with Gasteiger partial charge in [0.15, 0.2) is 5.82 Å². The van der Waals surface area contributed by atoms with Crippen molar-refractivity contribution < 1.29 is 14.7 Å². The van der Waals surface area contributed by atoms with Crippen molar-refractivity contribution in [1.82, 2.24) is 15.3 Å². The van der Waals surface area contributed by atoms with Gasteiger partial charge in [-0.1, -0.05) is 19.1 Å². The fourth-order valence-electron chi connectivity index (χ4n) is 2.80. The second-order valence-corrected chi connectivity index (χ2v) is 6.04. The zero-order valence-corrected chi connectivity index (χ0v) is 13.5. The van der Waals surface area contributed by atoms with Crippen LogP contribution < -0.4 is 5.32 Å². The number of carbonyl (C=O) groups excluding carboxylic acids is 1. The van der Waals surface area contributed by atoms with E-state index >= 15 is 0 Å². The lowest BCUT2D eigenvalue weighted by Gasteiger charge is -2.40. The van der Waals surface area contributed by atoms with Crippen LogP contribution in [0, 0.1) is 0 Å². The molecule has 0 unspecified atom stereocenters. The zero-order chi connectivity index (χ0) is 17.2. The van der Waals surface area contributed by atoms with Crippen molar-refractivity contribution >= 4 is 11.9 Å². The predicted molar refractivity (Wildman–Crippen MR) is 87.8 cm³/mol. The van der Waals surface area contributed by atoms with Gasteiger partial charge >= 0.3 is 5.97 Å². The third kappa shape index (κ3) is 2.99. The molecule has 1 amide bonds. The minimum absolute atomic E-state index is 0.0368. The third-order valence-electron chi connectivity index (χ3n) is 4.51. The molecule has 1 aromatic heterocycles. The van der Waals surface area contributed by atoms with Crippen LogP contribution in [0.2, 0.25) is 0 Å². The molecule has 2 N–H and O–H groups in total. The Bertz CT molecular complexity index is 750. The van der Waals surface area contributed by atoms with Crippen LogP contribution in [0.1, 0.15) is 58.3 Å². The predicted octanol–water partition coefficient (Wildman–Crippen LogP) is 2.55. The minimum atomic E-state index is -1.07. The number of nitrogens with one attached hydrogen (secondary N) is 1. The number of carboxylic acid groups (broad SMARTS) is 1. The van der Waals surface area contributed by atoms with E-state index in [-0.39, 0.29) is 11.5 Å². The zero-order valence-electron chi connectivity index (χ0n) is 13.5. The Kier molecular flexibility index (Phi) is 4.29. The van der Waals surface area contributed by atoms with Gasteiger partial charge in [0.05, 0.1) is 5.56 Å². The molecule has 0 aliphatic heterocycles. The molecular weight excluding hydrogens is 306 g/mol. The number of carbonyl (C=O) groups is 2. The van der Waals surface area contributed by atoms with Gasteiger partial charge in [-0.3, -0.25) is 4.79 Å². The summed E-state index contributed by atoms with van der Waals surface area (Å²) in [5.41, 5.74) is 1.21. The van der Waals surface area contributed by atoms with Crippen LogP contribution in [-0.4, -0.2) is 27.0 Å². The Labute approximate surface area is 140 Å². The molecule has 6 nitrogen and oxygen atoms in total. The monoisotopic (exact) mass is 325 g/mol. The van der Waals surface area contributed by atoms with Gasteiger partial charge in [0.1, 0.15) is 5.54 Å². The van der Waals surface area contributed by atoms with E-state index in [0.29, 0.717) is 11.4 Å². The highest BCUT2D eigenvalue weighted by Gasteiger charge is 2.42. The first kappa shape index (κ1) is 16.1. The number of aromatic nitrogens is 2. The van der Waals surface area contributed by atoms with Crippen LogP contribution in [0.5, 0.6) is 0 Å². The van der Waals surface area contributed by atoms with Crippen molar-refractivity contribution in [2.45, 2.75) is 38.1 Å². The van der Waals surface area contributed by atoms with Crippen molar-refractivity contribution in [1.29, 1.82) is 0 Å². The molecule has 0 atom stereocenters. The van der Waals surface area contributed by atoms with E-state index in [4.69, 9.17) is 5.11 Å². The first-order valence-corrected chi connectivity index (χ1v) is 8.01. The number of nitrogens with zero attached hydrogens (tertiary/aromatic N) is 2. The molecule has 24 heavy (non-hydrogen) atoms. The van der Waals surface area contributed by atoms with Gasteiger partial charge in [0.25, 0.3) is 5.91 Å². The Balaban J connectivity index is 1.79. The molecule has 3 rings (SSSR count). The number of hydrogen-bond donors (Lipinski definition) is 2. The van der Waals surface area contributed by atoms with E-state index < -0.39 is 11.5 Å². The molecule has 1 saturated carbocycles. The number of rotatable bonds is 5. The summed E-state index contributed by atoms with van der Waals surface area (Å²) in [5, 5.41) is 12.0. The van der Waals surface area contributed by atoms with E-state index in [1.54, 1.807) is 0 Å². The average molecular weight is 325 g/mol. The molecule has 2 aromatic rings. The van der Waals surface area contributed by atoms with E-state index in [1.165, 1.54) is 18.0 Å². The summed E-state index contributed by atoms with van der Waals surface area (Å²) in [6, 6.07) is 7.52. The lowest BCUT2D eigenvalue weighted by molar-refractivity contribution is 0.0692. The molecule has 0 saturated heterocycles. The normalized spacial score (nSPS) is 15.4. The molecular formula is C18H19N3O3. The fourth-order valence-corrected chi connectivity index (χ4v) is 2.80.